The fraction of sp³-hybridized carbons (Fsp3) is 0.235. The Balaban J connectivity index is 2.02. The lowest BCUT2D eigenvalue weighted by Gasteiger charge is -2.15. The zero-order valence-electron chi connectivity index (χ0n) is 12.9. The standard InChI is InChI=1S/C17H18BrNO4/c1-22-15-7-6-11(9-16(15)23-2)14(20)10-19-17(21)12-4-3-5-13(18)8-12/h3-9,14,20H,10H2,1-2H3,(H,19,21)/t14-/m0/s1. The Morgan fingerprint density at radius 3 is 2.57 bits per heavy atom. The van der Waals surface area contributed by atoms with Crippen molar-refractivity contribution in [2.45, 2.75) is 6.10 Å². The van der Waals surface area contributed by atoms with Gasteiger partial charge in [-0.05, 0) is 35.9 Å². The van der Waals surface area contributed by atoms with Gasteiger partial charge in [-0.3, -0.25) is 4.79 Å². The lowest BCUT2D eigenvalue weighted by Crippen LogP contribution is -2.28. The molecule has 0 heterocycles. The molecule has 0 radical (unpaired) electrons. The highest BCUT2D eigenvalue weighted by atomic mass is 79.9. The van der Waals surface area contributed by atoms with Crippen LogP contribution in [0.1, 0.15) is 22.0 Å². The number of aliphatic hydroxyl groups excluding tert-OH is 1. The van der Waals surface area contributed by atoms with Crippen molar-refractivity contribution in [1.29, 1.82) is 0 Å². The molecule has 0 spiro atoms. The summed E-state index contributed by atoms with van der Waals surface area (Å²) in [6.07, 6.45) is -0.842. The van der Waals surface area contributed by atoms with E-state index in [1.54, 1.807) is 43.5 Å². The quantitative estimate of drug-likeness (QED) is 0.809. The molecule has 122 valence electrons. The molecule has 5 nitrogen and oxygen atoms in total. The van der Waals surface area contributed by atoms with E-state index in [9.17, 15) is 9.90 Å². The molecule has 0 fully saturated rings. The second kappa shape index (κ2) is 7.99. The minimum Gasteiger partial charge on any atom is -0.493 e. The summed E-state index contributed by atoms with van der Waals surface area (Å²) >= 11 is 3.32. The molecular weight excluding hydrogens is 362 g/mol. The first-order chi connectivity index (χ1) is 11.0. The van der Waals surface area contributed by atoms with Crippen LogP contribution in [-0.2, 0) is 0 Å². The van der Waals surface area contributed by atoms with Crippen molar-refractivity contribution in [2.24, 2.45) is 0 Å². The number of halogens is 1. The summed E-state index contributed by atoms with van der Waals surface area (Å²) in [6, 6.07) is 12.2. The maximum Gasteiger partial charge on any atom is 0.251 e. The first kappa shape index (κ1) is 17.3. The number of amides is 1. The highest BCUT2D eigenvalue weighted by Crippen LogP contribution is 2.29. The summed E-state index contributed by atoms with van der Waals surface area (Å²) in [6.45, 7) is 0.0980. The highest BCUT2D eigenvalue weighted by molar-refractivity contribution is 9.10. The Hall–Kier alpha value is -2.05. The molecule has 0 unspecified atom stereocenters. The lowest BCUT2D eigenvalue weighted by molar-refractivity contribution is 0.0916. The van der Waals surface area contributed by atoms with E-state index in [1.165, 1.54) is 7.11 Å². The predicted molar refractivity (Wildman–Crippen MR) is 91.0 cm³/mol. The number of hydrogen-bond acceptors (Lipinski definition) is 4. The van der Waals surface area contributed by atoms with Gasteiger partial charge in [0.1, 0.15) is 0 Å². The Bertz CT molecular complexity index is 690. The molecule has 0 saturated heterocycles. The van der Waals surface area contributed by atoms with Crippen LogP contribution in [-0.4, -0.2) is 31.8 Å². The first-order valence-corrected chi connectivity index (χ1v) is 7.78. The molecule has 0 aliphatic heterocycles. The SMILES string of the molecule is COc1ccc([C@@H](O)CNC(=O)c2cccc(Br)c2)cc1OC. The number of benzene rings is 2. The summed E-state index contributed by atoms with van der Waals surface area (Å²) in [5.41, 5.74) is 1.16. The number of rotatable bonds is 6. The second-order valence-corrected chi connectivity index (χ2v) is 5.77. The lowest BCUT2D eigenvalue weighted by atomic mass is 10.1. The van der Waals surface area contributed by atoms with E-state index < -0.39 is 6.10 Å². The van der Waals surface area contributed by atoms with Gasteiger partial charge in [0, 0.05) is 16.6 Å². The van der Waals surface area contributed by atoms with Gasteiger partial charge in [0.15, 0.2) is 11.5 Å². The van der Waals surface area contributed by atoms with Crippen LogP contribution >= 0.6 is 15.9 Å². The van der Waals surface area contributed by atoms with Gasteiger partial charge in [-0.15, -0.1) is 0 Å². The molecule has 0 aliphatic carbocycles. The molecular formula is C17H18BrNO4. The molecule has 1 atom stereocenters. The molecule has 0 aliphatic rings. The number of methoxy groups -OCH3 is 2. The number of nitrogens with one attached hydrogen (secondary N) is 1. The van der Waals surface area contributed by atoms with Crippen molar-refractivity contribution >= 4 is 21.8 Å². The number of carbonyl (C=O) groups is 1. The van der Waals surface area contributed by atoms with Crippen molar-refractivity contribution in [2.75, 3.05) is 20.8 Å². The maximum atomic E-state index is 12.1. The Morgan fingerprint density at radius 2 is 1.91 bits per heavy atom. The van der Waals surface area contributed by atoms with E-state index in [-0.39, 0.29) is 12.5 Å². The minimum atomic E-state index is -0.842. The molecule has 2 aromatic rings. The van der Waals surface area contributed by atoms with Crippen LogP contribution in [0, 0.1) is 0 Å². The van der Waals surface area contributed by atoms with Gasteiger partial charge in [0.2, 0.25) is 0 Å². The van der Waals surface area contributed by atoms with Crippen LogP contribution in [0.5, 0.6) is 11.5 Å². The smallest absolute Gasteiger partial charge is 0.251 e. The average Bonchev–Trinajstić information content (AvgIpc) is 2.58. The van der Waals surface area contributed by atoms with E-state index >= 15 is 0 Å². The van der Waals surface area contributed by atoms with Crippen molar-refractivity contribution in [3.63, 3.8) is 0 Å². The van der Waals surface area contributed by atoms with Crippen LogP contribution in [0.2, 0.25) is 0 Å². The Labute approximate surface area is 143 Å². The fourth-order valence-corrected chi connectivity index (χ4v) is 2.50. The molecule has 2 rings (SSSR count). The molecule has 2 N–H and O–H groups in total. The minimum absolute atomic E-state index is 0.0980. The predicted octanol–water partition coefficient (Wildman–Crippen LogP) is 2.93. The maximum absolute atomic E-state index is 12.1. The largest absolute Gasteiger partial charge is 0.493 e. The van der Waals surface area contributed by atoms with Gasteiger partial charge < -0.3 is 19.9 Å². The summed E-state index contributed by atoms with van der Waals surface area (Å²) < 4.78 is 11.2. The summed E-state index contributed by atoms with van der Waals surface area (Å²) in [7, 11) is 3.08. The molecule has 2 aromatic carbocycles. The number of ether oxygens (including phenoxy) is 2. The van der Waals surface area contributed by atoms with Crippen LogP contribution in [0.3, 0.4) is 0 Å². The van der Waals surface area contributed by atoms with Crippen LogP contribution in [0.15, 0.2) is 46.9 Å². The van der Waals surface area contributed by atoms with Crippen LogP contribution in [0.25, 0.3) is 0 Å². The van der Waals surface area contributed by atoms with Gasteiger partial charge in [-0.25, -0.2) is 0 Å². The number of aliphatic hydroxyl groups is 1. The second-order valence-electron chi connectivity index (χ2n) is 4.85. The summed E-state index contributed by atoms with van der Waals surface area (Å²) in [4.78, 5) is 12.1. The van der Waals surface area contributed by atoms with Crippen molar-refractivity contribution in [3.8, 4) is 11.5 Å². The fourth-order valence-electron chi connectivity index (χ4n) is 2.10. The van der Waals surface area contributed by atoms with Crippen molar-refractivity contribution in [3.05, 3.63) is 58.1 Å². The monoisotopic (exact) mass is 379 g/mol. The van der Waals surface area contributed by atoms with Gasteiger partial charge in [-0.2, -0.15) is 0 Å². The molecule has 6 heteroatoms. The third kappa shape index (κ3) is 4.46. The summed E-state index contributed by atoms with van der Waals surface area (Å²) in [5, 5.41) is 12.9. The zero-order valence-corrected chi connectivity index (χ0v) is 14.5. The van der Waals surface area contributed by atoms with E-state index in [0.29, 0.717) is 22.6 Å². The van der Waals surface area contributed by atoms with E-state index in [1.807, 2.05) is 6.07 Å². The number of hydrogen-bond donors (Lipinski definition) is 2. The molecule has 0 bridgehead atoms. The molecule has 23 heavy (non-hydrogen) atoms. The normalized spacial score (nSPS) is 11.7. The highest BCUT2D eigenvalue weighted by Gasteiger charge is 2.13. The molecule has 0 aromatic heterocycles. The zero-order chi connectivity index (χ0) is 16.8. The summed E-state index contributed by atoms with van der Waals surface area (Å²) in [5.74, 6) is 0.870. The molecule has 1 amide bonds. The topological polar surface area (TPSA) is 67.8 Å². The van der Waals surface area contributed by atoms with Gasteiger partial charge in [0.25, 0.3) is 5.91 Å². The van der Waals surface area contributed by atoms with E-state index in [4.69, 9.17) is 9.47 Å². The van der Waals surface area contributed by atoms with Gasteiger partial charge in [0.05, 0.1) is 20.3 Å². The number of carbonyl (C=O) groups excluding carboxylic acids is 1. The third-order valence-corrected chi connectivity index (χ3v) is 3.83. The van der Waals surface area contributed by atoms with E-state index in [0.717, 1.165) is 4.47 Å². The Kier molecular flexibility index (Phi) is 6.01. The van der Waals surface area contributed by atoms with Gasteiger partial charge >= 0.3 is 0 Å². The first-order valence-electron chi connectivity index (χ1n) is 6.99. The Morgan fingerprint density at radius 1 is 1.17 bits per heavy atom. The average molecular weight is 380 g/mol. The van der Waals surface area contributed by atoms with Crippen LogP contribution in [0.4, 0.5) is 0 Å². The van der Waals surface area contributed by atoms with Crippen molar-refractivity contribution in [1.82, 2.24) is 5.32 Å². The van der Waals surface area contributed by atoms with Gasteiger partial charge in [-0.1, -0.05) is 28.1 Å². The van der Waals surface area contributed by atoms with Crippen LogP contribution < -0.4 is 14.8 Å². The van der Waals surface area contributed by atoms with E-state index in [2.05, 4.69) is 21.2 Å². The molecule has 0 saturated carbocycles. The van der Waals surface area contributed by atoms with Crippen molar-refractivity contribution < 1.29 is 19.4 Å². The third-order valence-electron chi connectivity index (χ3n) is 3.34.